The van der Waals surface area contributed by atoms with Crippen molar-refractivity contribution in [1.29, 1.82) is 0 Å². The number of amides is 1. The minimum Gasteiger partial charge on any atom is -0.480 e. The van der Waals surface area contributed by atoms with Gasteiger partial charge in [-0.15, -0.1) is 0 Å². The number of fused-ring (bicyclic) bond motifs is 4. The predicted octanol–water partition coefficient (Wildman–Crippen LogP) is 6.62. The van der Waals surface area contributed by atoms with E-state index < -0.39 is 35.7 Å². The summed E-state index contributed by atoms with van der Waals surface area (Å²) in [4.78, 5) is 40.3. The van der Waals surface area contributed by atoms with E-state index in [1.54, 1.807) is 33.0 Å². The van der Waals surface area contributed by atoms with Gasteiger partial charge in [0.2, 0.25) is 0 Å². The molecule has 1 saturated heterocycles. The van der Waals surface area contributed by atoms with Gasteiger partial charge in [0.1, 0.15) is 18.2 Å². The van der Waals surface area contributed by atoms with Crippen molar-refractivity contribution < 1.29 is 29.0 Å². The summed E-state index contributed by atoms with van der Waals surface area (Å²) in [6.45, 7) is 5.71. The fourth-order valence-electron chi connectivity index (χ4n) is 6.27. The molecule has 6 rings (SSSR count). The number of likely N-dealkylation sites (tertiary alicyclic amines) is 1. The normalized spacial score (nSPS) is 18.3. The van der Waals surface area contributed by atoms with Gasteiger partial charge in [0.15, 0.2) is 0 Å². The van der Waals surface area contributed by atoms with Gasteiger partial charge in [0, 0.05) is 30.0 Å². The molecule has 1 amide bonds. The highest BCUT2D eigenvalue weighted by Gasteiger charge is 2.45. The van der Waals surface area contributed by atoms with Crippen LogP contribution in [0.1, 0.15) is 55.7 Å². The molecule has 1 aliphatic heterocycles. The van der Waals surface area contributed by atoms with Crippen LogP contribution in [-0.4, -0.2) is 57.5 Å². The first-order valence-corrected chi connectivity index (χ1v) is 13.8. The van der Waals surface area contributed by atoms with E-state index >= 15 is 0 Å². The molecule has 3 aromatic carbocycles. The number of para-hydroxylation sites is 1. The number of rotatable bonds is 4. The molecule has 1 aromatic heterocycles. The van der Waals surface area contributed by atoms with Gasteiger partial charge in [-0.05, 0) is 61.1 Å². The number of carboxylic acid groups (broad SMARTS) is 1. The number of benzene rings is 3. The monoisotopic (exact) mass is 552 g/mol. The Morgan fingerprint density at radius 1 is 0.854 bits per heavy atom. The number of hydrogen-bond acceptors (Lipinski definition) is 5. The van der Waals surface area contributed by atoms with Gasteiger partial charge in [-0.2, -0.15) is 0 Å². The summed E-state index contributed by atoms with van der Waals surface area (Å²) < 4.78 is 12.8. The Balaban J connectivity index is 1.26. The van der Waals surface area contributed by atoms with Crippen molar-refractivity contribution in [2.24, 2.45) is 0 Å². The summed E-state index contributed by atoms with van der Waals surface area (Å²) in [6, 6.07) is 22.3. The lowest BCUT2D eigenvalue weighted by atomic mass is 9.91. The maximum Gasteiger partial charge on any atom is 0.419 e. The van der Waals surface area contributed by atoms with E-state index in [-0.39, 0.29) is 19.1 Å². The molecule has 8 nitrogen and oxygen atoms in total. The zero-order valence-electron chi connectivity index (χ0n) is 23.2. The topological polar surface area (TPSA) is 98.1 Å². The second-order valence-corrected chi connectivity index (χ2v) is 11.6. The van der Waals surface area contributed by atoms with Crippen LogP contribution in [0.5, 0.6) is 0 Å². The third kappa shape index (κ3) is 4.73. The molecule has 1 N–H and O–H groups in total. The number of carbonyl (C=O) groups is 3. The first-order valence-electron chi connectivity index (χ1n) is 13.8. The Hall–Kier alpha value is -4.59. The van der Waals surface area contributed by atoms with Crippen molar-refractivity contribution >= 4 is 29.1 Å². The fourth-order valence-corrected chi connectivity index (χ4v) is 6.27. The summed E-state index contributed by atoms with van der Waals surface area (Å²) in [5, 5.41) is 11.1. The second-order valence-electron chi connectivity index (χ2n) is 11.6. The molecule has 0 radical (unpaired) electrons. The van der Waals surface area contributed by atoms with Gasteiger partial charge >= 0.3 is 18.2 Å². The van der Waals surface area contributed by atoms with Gasteiger partial charge in [0.05, 0.1) is 5.52 Å². The van der Waals surface area contributed by atoms with E-state index in [1.807, 2.05) is 54.6 Å². The molecule has 2 heterocycles. The molecule has 1 aliphatic carbocycles. The van der Waals surface area contributed by atoms with Gasteiger partial charge in [0.25, 0.3) is 0 Å². The lowest BCUT2D eigenvalue weighted by Crippen LogP contribution is -2.43. The van der Waals surface area contributed by atoms with Crippen LogP contribution in [0.3, 0.4) is 0 Å². The molecule has 2 aliphatic rings. The van der Waals surface area contributed by atoms with Crippen molar-refractivity contribution in [3.05, 3.63) is 95.7 Å². The molecule has 0 unspecified atom stereocenters. The molecule has 0 saturated carbocycles. The molecule has 210 valence electrons. The highest BCUT2D eigenvalue weighted by molar-refractivity contribution is 5.93. The molecule has 4 aromatic rings. The average molecular weight is 553 g/mol. The van der Waals surface area contributed by atoms with Crippen molar-refractivity contribution in [3.63, 3.8) is 0 Å². The number of hydrogen-bond donors (Lipinski definition) is 1. The van der Waals surface area contributed by atoms with Crippen LogP contribution in [0.2, 0.25) is 0 Å². The molecular weight excluding hydrogens is 520 g/mol. The molecular formula is C33H32N2O6. The smallest absolute Gasteiger partial charge is 0.419 e. The maximum absolute atomic E-state index is 13.4. The van der Waals surface area contributed by atoms with E-state index in [4.69, 9.17) is 9.47 Å². The SMILES string of the molecule is CC(C)(C)OC(=O)n1cc([C@H]2CCN(C(=O)OCC3c4ccccc4-c4ccccc43)[C@H]2C(=O)O)c2ccccc21. The summed E-state index contributed by atoms with van der Waals surface area (Å²) in [6.07, 6.45) is 0.875. The Morgan fingerprint density at radius 2 is 1.46 bits per heavy atom. The summed E-state index contributed by atoms with van der Waals surface area (Å²) >= 11 is 0. The van der Waals surface area contributed by atoms with E-state index in [0.717, 1.165) is 27.6 Å². The van der Waals surface area contributed by atoms with E-state index in [9.17, 15) is 19.5 Å². The maximum atomic E-state index is 13.4. The van der Waals surface area contributed by atoms with Crippen LogP contribution >= 0.6 is 0 Å². The Bertz CT molecular complexity index is 1620. The lowest BCUT2D eigenvalue weighted by molar-refractivity contribution is -0.142. The minimum absolute atomic E-state index is 0.109. The molecule has 41 heavy (non-hydrogen) atoms. The van der Waals surface area contributed by atoms with Crippen LogP contribution < -0.4 is 0 Å². The van der Waals surface area contributed by atoms with E-state index in [0.29, 0.717) is 17.5 Å². The highest BCUT2D eigenvalue weighted by Crippen LogP contribution is 2.45. The average Bonchev–Trinajstić information content (AvgIpc) is 3.63. The number of nitrogens with zero attached hydrogens (tertiary/aromatic N) is 2. The van der Waals surface area contributed by atoms with Crippen LogP contribution in [-0.2, 0) is 14.3 Å². The van der Waals surface area contributed by atoms with Crippen LogP contribution in [0.4, 0.5) is 9.59 Å². The summed E-state index contributed by atoms with van der Waals surface area (Å²) in [7, 11) is 0. The third-order valence-electron chi connectivity index (χ3n) is 7.95. The van der Waals surface area contributed by atoms with Gasteiger partial charge in [-0.3, -0.25) is 9.47 Å². The zero-order chi connectivity index (χ0) is 28.9. The molecule has 1 fully saturated rings. The minimum atomic E-state index is -1.14. The molecule has 8 heteroatoms. The van der Waals surface area contributed by atoms with Crippen molar-refractivity contribution in [3.8, 4) is 11.1 Å². The summed E-state index contributed by atoms with van der Waals surface area (Å²) in [5.41, 5.74) is 5.04. The predicted molar refractivity (Wildman–Crippen MR) is 154 cm³/mol. The fraction of sp³-hybridized carbons (Fsp3) is 0.303. The molecule has 2 atom stereocenters. The highest BCUT2D eigenvalue weighted by atomic mass is 16.6. The number of ether oxygens (including phenoxy) is 2. The quantitative estimate of drug-likeness (QED) is 0.306. The van der Waals surface area contributed by atoms with Gasteiger partial charge < -0.3 is 14.6 Å². The van der Waals surface area contributed by atoms with Crippen molar-refractivity contribution in [2.75, 3.05) is 13.2 Å². The van der Waals surface area contributed by atoms with Crippen molar-refractivity contribution in [1.82, 2.24) is 9.47 Å². The summed E-state index contributed by atoms with van der Waals surface area (Å²) in [5.74, 6) is -1.77. The Labute approximate surface area is 238 Å². The number of carboxylic acids is 1. The second kappa shape index (κ2) is 10.1. The molecule has 0 bridgehead atoms. The Morgan fingerprint density at radius 3 is 2.10 bits per heavy atom. The van der Waals surface area contributed by atoms with Crippen LogP contribution in [0.15, 0.2) is 79.0 Å². The van der Waals surface area contributed by atoms with E-state index in [2.05, 4.69) is 12.1 Å². The van der Waals surface area contributed by atoms with Gasteiger partial charge in [-0.25, -0.2) is 14.4 Å². The number of carbonyl (C=O) groups excluding carboxylic acids is 2. The third-order valence-corrected chi connectivity index (χ3v) is 7.95. The number of aliphatic carboxylic acids is 1. The van der Waals surface area contributed by atoms with Crippen LogP contribution in [0, 0.1) is 0 Å². The zero-order valence-corrected chi connectivity index (χ0v) is 23.2. The number of aromatic nitrogens is 1. The Kier molecular flexibility index (Phi) is 6.56. The van der Waals surface area contributed by atoms with Gasteiger partial charge in [-0.1, -0.05) is 66.7 Å². The lowest BCUT2D eigenvalue weighted by Gasteiger charge is -2.25. The molecule has 0 spiro atoms. The first kappa shape index (κ1) is 26.6. The largest absolute Gasteiger partial charge is 0.480 e. The van der Waals surface area contributed by atoms with Crippen molar-refractivity contribution in [2.45, 2.75) is 50.7 Å². The standard InChI is InChI=1S/C33H32N2O6/c1-33(2,3)41-32(39)35-18-26(24-14-8-9-15-28(24)35)25-16-17-34(29(25)30(36)37)31(38)40-19-27-22-12-6-4-10-20(22)21-11-5-7-13-23(21)27/h4-15,18,25,27,29H,16-17,19H2,1-3H3,(H,36,37)/t25-,29-/m1/s1. The van der Waals surface area contributed by atoms with E-state index in [1.165, 1.54) is 9.47 Å². The van der Waals surface area contributed by atoms with Crippen LogP contribution in [0.25, 0.3) is 22.0 Å². The first-order chi connectivity index (χ1) is 19.6.